The number of hydrogen-bond acceptors (Lipinski definition) is 3. The second kappa shape index (κ2) is 5.34. The monoisotopic (exact) mass is 208 g/mol. The highest BCUT2D eigenvalue weighted by molar-refractivity contribution is 5.90. The fraction of sp³-hybridized carbons (Fsp3) is 0.455. The summed E-state index contributed by atoms with van der Waals surface area (Å²) in [7, 11) is 0. The van der Waals surface area contributed by atoms with Crippen LogP contribution in [0.5, 0.6) is 5.88 Å². The molecule has 0 spiro atoms. The zero-order valence-corrected chi connectivity index (χ0v) is 9.28. The summed E-state index contributed by atoms with van der Waals surface area (Å²) in [6, 6.07) is 3.52. The molecule has 0 aliphatic rings. The summed E-state index contributed by atoms with van der Waals surface area (Å²) in [4.78, 5) is 15.1. The summed E-state index contributed by atoms with van der Waals surface area (Å²) < 4.78 is 5.38. The summed E-state index contributed by atoms with van der Waals surface area (Å²) in [5, 5.41) is 2.72. The van der Waals surface area contributed by atoms with E-state index in [2.05, 4.69) is 10.3 Å². The van der Waals surface area contributed by atoms with Crippen LogP contribution in [-0.2, 0) is 4.79 Å². The van der Waals surface area contributed by atoms with Crippen LogP contribution in [0.15, 0.2) is 18.3 Å². The lowest BCUT2D eigenvalue weighted by atomic mass is 10.3. The number of carbonyl (C=O) groups excluding carboxylic acids is 1. The van der Waals surface area contributed by atoms with Crippen molar-refractivity contribution in [3.8, 4) is 5.88 Å². The normalized spacial score (nSPS) is 10.1. The number of anilines is 1. The first-order valence-electron chi connectivity index (χ1n) is 5.04. The van der Waals surface area contributed by atoms with Crippen LogP contribution in [0.1, 0.15) is 27.2 Å². The Hall–Kier alpha value is -1.58. The topological polar surface area (TPSA) is 51.2 Å². The zero-order valence-electron chi connectivity index (χ0n) is 9.28. The van der Waals surface area contributed by atoms with Gasteiger partial charge in [-0.05, 0) is 19.9 Å². The number of carbonyl (C=O) groups is 1. The minimum absolute atomic E-state index is 0.0191. The number of nitrogens with zero attached hydrogens (tertiary/aromatic N) is 1. The standard InChI is InChI=1S/C11H16N2O2/c1-4-10(14)13-9-5-6-11(12-7-9)15-8(2)3/h5-8H,4H2,1-3H3,(H,13,14). The van der Waals surface area contributed by atoms with Gasteiger partial charge in [0.15, 0.2) is 0 Å². The van der Waals surface area contributed by atoms with E-state index in [9.17, 15) is 4.79 Å². The van der Waals surface area contributed by atoms with Crippen LogP contribution in [0.4, 0.5) is 5.69 Å². The van der Waals surface area contributed by atoms with E-state index in [-0.39, 0.29) is 12.0 Å². The SMILES string of the molecule is CCC(=O)Nc1ccc(OC(C)C)nc1. The highest BCUT2D eigenvalue weighted by atomic mass is 16.5. The molecule has 0 saturated heterocycles. The predicted octanol–water partition coefficient (Wildman–Crippen LogP) is 2.22. The van der Waals surface area contributed by atoms with Crippen molar-refractivity contribution in [2.75, 3.05) is 5.32 Å². The van der Waals surface area contributed by atoms with E-state index in [0.29, 0.717) is 18.0 Å². The lowest BCUT2D eigenvalue weighted by Crippen LogP contribution is -2.10. The molecule has 0 unspecified atom stereocenters. The fourth-order valence-electron chi connectivity index (χ4n) is 1.01. The van der Waals surface area contributed by atoms with E-state index in [1.807, 2.05) is 13.8 Å². The molecule has 0 aromatic carbocycles. The van der Waals surface area contributed by atoms with Gasteiger partial charge in [0.2, 0.25) is 11.8 Å². The Morgan fingerprint density at radius 2 is 2.27 bits per heavy atom. The van der Waals surface area contributed by atoms with Crippen molar-refractivity contribution < 1.29 is 9.53 Å². The van der Waals surface area contributed by atoms with Gasteiger partial charge >= 0.3 is 0 Å². The Labute approximate surface area is 89.7 Å². The highest BCUT2D eigenvalue weighted by Crippen LogP contribution is 2.12. The molecule has 4 heteroatoms. The number of aromatic nitrogens is 1. The van der Waals surface area contributed by atoms with Gasteiger partial charge in [0.05, 0.1) is 18.0 Å². The van der Waals surface area contributed by atoms with Crippen molar-refractivity contribution in [3.05, 3.63) is 18.3 Å². The Morgan fingerprint density at radius 1 is 1.53 bits per heavy atom. The van der Waals surface area contributed by atoms with Gasteiger partial charge in [0.25, 0.3) is 0 Å². The lowest BCUT2D eigenvalue weighted by molar-refractivity contribution is -0.115. The molecular formula is C11H16N2O2. The van der Waals surface area contributed by atoms with E-state index >= 15 is 0 Å². The Balaban J connectivity index is 2.60. The first-order chi connectivity index (χ1) is 7.11. The molecular weight excluding hydrogens is 192 g/mol. The molecule has 0 fully saturated rings. The molecule has 0 aliphatic heterocycles. The Morgan fingerprint density at radius 3 is 2.73 bits per heavy atom. The van der Waals surface area contributed by atoms with Crippen molar-refractivity contribution in [3.63, 3.8) is 0 Å². The molecule has 0 saturated carbocycles. The number of nitrogens with one attached hydrogen (secondary N) is 1. The van der Waals surface area contributed by atoms with Crippen LogP contribution in [0, 0.1) is 0 Å². The van der Waals surface area contributed by atoms with Crippen molar-refractivity contribution in [1.29, 1.82) is 0 Å². The second-order valence-corrected chi connectivity index (χ2v) is 3.45. The molecule has 1 N–H and O–H groups in total. The van der Waals surface area contributed by atoms with Crippen LogP contribution in [0.25, 0.3) is 0 Å². The Kier molecular flexibility index (Phi) is 4.09. The third-order valence-corrected chi connectivity index (χ3v) is 1.70. The molecule has 1 amide bonds. The van der Waals surface area contributed by atoms with E-state index < -0.39 is 0 Å². The van der Waals surface area contributed by atoms with Gasteiger partial charge in [-0.2, -0.15) is 0 Å². The van der Waals surface area contributed by atoms with E-state index in [0.717, 1.165) is 0 Å². The van der Waals surface area contributed by atoms with Crippen LogP contribution in [-0.4, -0.2) is 17.0 Å². The molecule has 0 atom stereocenters. The van der Waals surface area contributed by atoms with Crippen molar-refractivity contribution >= 4 is 11.6 Å². The van der Waals surface area contributed by atoms with Gasteiger partial charge < -0.3 is 10.1 Å². The van der Waals surface area contributed by atoms with Crippen molar-refractivity contribution in [2.45, 2.75) is 33.3 Å². The third kappa shape index (κ3) is 3.97. The lowest BCUT2D eigenvalue weighted by Gasteiger charge is -2.09. The van der Waals surface area contributed by atoms with Gasteiger partial charge in [-0.1, -0.05) is 6.92 Å². The largest absolute Gasteiger partial charge is 0.475 e. The minimum Gasteiger partial charge on any atom is -0.475 e. The van der Waals surface area contributed by atoms with Gasteiger partial charge in [0.1, 0.15) is 0 Å². The van der Waals surface area contributed by atoms with Gasteiger partial charge in [-0.3, -0.25) is 4.79 Å². The summed E-state index contributed by atoms with van der Waals surface area (Å²) >= 11 is 0. The van der Waals surface area contributed by atoms with E-state index in [1.54, 1.807) is 25.3 Å². The van der Waals surface area contributed by atoms with Crippen LogP contribution >= 0.6 is 0 Å². The quantitative estimate of drug-likeness (QED) is 0.825. The average Bonchev–Trinajstić information content (AvgIpc) is 2.20. The van der Waals surface area contributed by atoms with Crippen molar-refractivity contribution in [1.82, 2.24) is 4.98 Å². The maximum absolute atomic E-state index is 11.1. The second-order valence-electron chi connectivity index (χ2n) is 3.45. The molecule has 15 heavy (non-hydrogen) atoms. The Bertz CT molecular complexity index is 320. The van der Waals surface area contributed by atoms with Crippen LogP contribution in [0.3, 0.4) is 0 Å². The van der Waals surface area contributed by atoms with Crippen molar-refractivity contribution in [2.24, 2.45) is 0 Å². The van der Waals surface area contributed by atoms with Gasteiger partial charge in [0, 0.05) is 12.5 Å². The number of pyridine rings is 1. The van der Waals surface area contributed by atoms with E-state index in [1.165, 1.54) is 0 Å². The number of hydrogen-bond donors (Lipinski definition) is 1. The maximum atomic E-state index is 11.1. The minimum atomic E-state index is -0.0191. The highest BCUT2D eigenvalue weighted by Gasteiger charge is 2.01. The molecule has 1 aromatic rings. The summed E-state index contributed by atoms with van der Waals surface area (Å²) in [5.74, 6) is 0.550. The summed E-state index contributed by atoms with van der Waals surface area (Å²) in [6.07, 6.45) is 2.16. The molecule has 1 aromatic heterocycles. The first kappa shape index (κ1) is 11.5. The zero-order chi connectivity index (χ0) is 11.3. The number of rotatable bonds is 4. The van der Waals surface area contributed by atoms with Crippen LogP contribution < -0.4 is 10.1 Å². The molecule has 1 heterocycles. The summed E-state index contributed by atoms with van der Waals surface area (Å²) in [6.45, 7) is 5.68. The first-order valence-corrected chi connectivity index (χ1v) is 5.04. The molecule has 1 rings (SSSR count). The molecule has 82 valence electrons. The molecule has 0 radical (unpaired) electrons. The third-order valence-electron chi connectivity index (χ3n) is 1.70. The van der Waals surface area contributed by atoms with Gasteiger partial charge in [-0.25, -0.2) is 4.98 Å². The maximum Gasteiger partial charge on any atom is 0.224 e. The average molecular weight is 208 g/mol. The van der Waals surface area contributed by atoms with Crippen LogP contribution in [0.2, 0.25) is 0 Å². The molecule has 0 aliphatic carbocycles. The fourth-order valence-corrected chi connectivity index (χ4v) is 1.01. The number of ether oxygens (including phenoxy) is 1. The molecule has 4 nitrogen and oxygen atoms in total. The smallest absolute Gasteiger partial charge is 0.224 e. The van der Waals surface area contributed by atoms with Gasteiger partial charge in [-0.15, -0.1) is 0 Å². The molecule has 0 bridgehead atoms. The van der Waals surface area contributed by atoms with E-state index in [4.69, 9.17) is 4.74 Å². The summed E-state index contributed by atoms with van der Waals surface area (Å²) in [5.41, 5.74) is 0.693. The number of amides is 1. The predicted molar refractivity (Wildman–Crippen MR) is 58.9 cm³/mol.